The molecule has 2 rings (SSSR count). The van der Waals surface area contributed by atoms with Crippen LogP contribution in [0.4, 0.5) is 4.79 Å². The van der Waals surface area contributed by atoms with Crippen LogP contribution in [0.2, 0.25) is 0 Å². The summed E-state index contributed by atoms with van der Waals surface area (Å²) in [6.07, 6.45) is 1.52. The van der Waals surface area contributed by atoms with Crippen LogP contribution in [-0.4, -0.2) is 40.4 Å². The summed E-state index contributed by atoms with van der Waals surface area (Å²) in [5, 5.41) is 10.8. The molecule has 4 nitrogen and oxygen atoms in total. The molecule has 0 atom stereocenters. The lowest BCUT2D eigenvalue weighted by Gasteiger charge is -2.39. The van der Waals surface area contributed by atoms with Crippen molar-refractivity contribution in [2.45, 2.75) is 58.2 Å². The molecule has 1 fully saturated rings. The van der Waals surface area contributed by atoms with Crippen molar-refractivity contribution >= 4 is 6.09 Å². The number of nitrogens with zero attached hydrogens (tertiary/aromatic N) is 1. The van der Waals surface area contributed by atoms with Crippen molar-refractivity contribution in [2.75, 3.05) is 13.1 Å². The van der Waals surface area contributed by atoms with Gasteiger partial charge in [0.05, 0.1) is 5.60 Å². The molecule has 1 heterocycles. The van der Waals surface area contributed by atoms with E-state index in [-0.39, 0.29) is 6.09 Å². The number of piperidine rings is 1. The molecule has 0 spiro atoms. The van der Waals surface area contributed by atoms with Crippen molar-refractivity contribution in [3.63, 3.8) is 0 Å². The second-order valence-corrected chi connectivity index (χ2v) is 7.29. The van der Waals surface area contributed by atoms with E-state index in [1.54, 1.807) is 4.90 Å². The van der Waals surface area contributed by atoms with Gasteiger partial charge in [0.1, 0.15) is 5.60 Å². The molecule has 1 aliphatic rings. The highest BCUT2D eigenvalue weighted by atomic mass is 16.6. The fraction of sp³-hybridized carbons (Fsp3) is 0.611. The van der Waals surface area contributed by atoms with Gasteiger partial charge in [-0.15, -0.1) is 0 Å². The summed E-state index contributed by atoms with van der Waals surface area (Å²) in [4.78, 5) is 13.8. The average molecular weight is 305 g/mol. The van der Waals surface area contributed by atoms with Crippen molar-refractivity contribution in [2.24, 2.45) is 0 Å². The van der Waals surface area contributed by atoms with E-state index in [0.717, 1.165) is 0 Å². The number of aryl methyl sites for hydroxylation is 1. The van der Waals surface area contributed by atoms with Gasteiger partial charge in [0.25, 0.3) is 0 Å². The summed E-state index contributed by atoms with van der Waals surface area (Å²) in [5.41, 5.74) is 1.16. The first-order valence-corrected chi connectivity index (χ1v) is 7.93. The lowest BCUT2D eigenvalue weighted by Crippen LogP contribution is -2.49. The van der Waals surface area contributed by atoms with E-state index in [0.29, 0.717) is 32.4 Å². The fourth-order valence-corrected chi connectivity index (χ4v) is 2.77. The van der Waals surface area contributed by atoms with E-state index < -0.39 is 11.2 Å². The maximum atomic E-state index is 12.1. The molecule has 1 saturated heterocycles. The zero-order valence-corrected chi connectivity index (χ0v) is 14.1. The molecule has 0 saturated carbocycles. The molecule has 1 aliphatic heterocycles. The summed E-state index contributed by atoms with van der Waals surface area (Å²) in [7, 11) is 0. The molecule has 0 unspecified atom stereocenters. The number of hydrogen-bond donors (Lipinski definition) is 1. The van der Waals surface area contributed by atoms with Crippen LogP contribution in [0.1, 0.15) is 44.7 Å². The summed E-state index contributed by atoms with van der Waals surface area (Å²) < 4.78 is 5.39. The molecule has 22 heavy (non-hydrogen) atoms. The first-order valence-electron chi connectivity index (χ1n) is 7.93. The Bertz CT molecular complexity index is 525. The number of carbonyl (C=O) groups is 1. The van der Waals surface area contributed by atoms with Gasteiger partial charge in [0, 0.05) is 19.5 Å². The number of rotatable bonds is 2. The van der Waals surface area contributed by atoms with E-state index in [4.69, 9.17) is 4.74 Å². The molecule has 4 heteroatoms. The van der Waals surface area contributed by atoms with Gasteiger partial charge in [-0.2, -0.15) is 0 Å². The highest BCUT2D eigenvalue weighted by Crippen LogP contribution is 2.28. The quantitative estimate of drug-likeness (QED) is 0.912. The van der Waals surface area contributed by atoms with E-state index >= 15 is 0 Å². The number of aliphatic hydroxyl groups is 1. The van der Waals surface area contributed by atoms with Crippen LogP contribution in [0.5, 0.6) is 0 Å². The number of hydrogen-bond acceptors (Lipinski definition) is 3. The standard InChI is InChI=1S/C18H27NO3/c1-14-7-5-6-8-15(14)13-18(21)9-11-19(12-10-18)16(20)22-17(2,3)4/h5-8,21H,9-13H2,1-4H3. The lowest BCUT2D eigenvalue weighted by molar-refractivity contribution is -0.0316. The van der Waals surface area contributed by atoms with Crippen LogP contribution in [0.25, 0.3) is 0 Å². The predicted octanol–water partition coefficient (Wildman–Crippen LogP) is 3.30. The zero-order chi connectivity index (χ0) is 16.4. The molecule has 122 valence electrons. The second-order valence-electron chi connectivity index (χ2n) is 7.29. The minimum absolute atomic E-state index is 0.287. The first-order chi connectivity index (χ1) is 10.2. The van der Waals surface area contributed by atoms with Crippen LogP contribution >= 0.6 is 0 Å². The lowest BCUT2D eigenvalue weighted by atomic mass is 9.84. The van der Waals surface area contributed by atoms with Crippen LogP contribution in [0.15, 0.2) is 24.3 Å². The Balaban J connectivity index is 1.93. The Hall–Kier alpha value is -1.55. The summed E-state index contributed by atoms with van der Waals surface area (Å²) in [6, 6.07) is 8.14. The van der Waals surface area contributed by atoms with Gasteiger partial charge in [-0.25, -0.2) is 4.79 Å². The minimum atomic E-state index is -0.732. The van der Waals surface area contributed by atoms with Crippen LogP contribution in [0.3, 0.4) is 0 Å². The minimum Gasteiger partial charge on any atom is -0.444 e. The number of carbonyl (C=O) groups excluding carboxylic acids is 1. The van der Waals surface area contributed by atoms with Crippen molar-refractivity contribution in [3.05, 3.63) is 35.4 Å². The average Bonchev–Trinajstić information content (AvgIpc) is 2.40. The fourth-order valence-electron chi connectivity index (χ4n) is 2.77. The van der Waals surface area contributed by atoms with Crippen molar-refractivity contribution in [3.8, 4) is 0 Å². The van der Waals surface area contributed by atoms with Gasteiger partial charge in [-0.1, -0.05) is 24.3 Å². The highest BCUT2D eigenvalue weighted by molar-refractivity contribution is 5.68. The Morgan fingerprint density at radius 3 is 2.41 bits per heavy atom. The molecule has 0 aromatic heterocycles. The third-order valence-corrected chi connectivity index (χ3v) is 4.13. The largest absolute Gasteiger partial charge is 0.444 e. The monoisotopic (exact) mass is 305 g/mol. The van der Waals surface area contributed by atoms with E-state index in [1.165, 1.54) is 11.1 Å². The number of amides is 1. The molecule has 0 aliphatic carbocycles. The molecule has 1 aromatic carbocycles. The number of benzene rings is 1. The maximum absolute atomic E-state index is 12.1. The molecule has 0 bridgehead atoms. The molecular weight excluding hydrogens is 278 g/mol. The first kappa shape index (κ1) is 16.8. The molecule has 1 aromatic rings. The van der Waals surface area contributed by atoms with E-state index in [2.05, 4.69) is 19.1 Å². The highest BCUT2D eigenvalue weighted by Gasteiger charge is 2.35. The Morgan fingerprint density at radius 2 is 1.86 bits per heavy atom. The SMILES string of the molecule is Cc1ccccc1CC1(O)CCN(C(=O)OC(C)(C)C)CC1. The van der Waals surface area contributed by atoms with Crippen LogP contribution in [-0.2, 0) is 11.2 Å². The van der Waals surface area contributed by atoms with Gasteiger partial charge in [-0.3, -0.25) is 0 Å². The molecule has 1 amide bonds. The summed E-state index contributed by atoms with van der Waals surface area (Å²) in [5.74, 6) is 0. The third-order valence-electron chi connectivity index (χ3n) is 4.13. The third kappa shape index (κ3) is 4.47. The zero-order valence-electron chi connectivity index (χ0n) is 14.1. The van der Waals surface area contributed by atoms with Gasteiger partial charge in [0.15, 0.2) is 0 Å². The molecular formula is C18H27NO3. The normalized spacial score (nSPS) is 18.1. The van der Waals surface area contributed by atoms with Gasteiger partial charge >= 0.3 is 6.09 Å². The summed E-state index contributed by atoms with van der Waals surface area (Å²) >= 11 is 0. The maximum Gasteiger partial charge on any atom is 0.410 e. The van der Waals surface area contributed by atoms with Crippen molar-refractivity contribution in [1.82, 2.24) is 4.90 Å². The van der Waals surface area contributed by atoms with Crippen LogP contribution in [0, 0.1) is 6.92 Å². The smallest absolute Gasteiger partial charge is 0.410 e. The van der Waals surface area contributed by atoms with Crippen molar-refractivity contribution in [1.29, 1.82) is 0 Å². The van der Waals surface area contributed by atoms with E-state index in [9.17, 15) is 9.90 Å². The Morgan fingerprint density at radius 1 is 1.27 bits per heavy atom. The molecule has 0 radical (unpaired) electrons. The molecule has 1 N–H and O–H groups in total. The van der Waals surface area contributed by atoms with Gasteiger partial charge in [-0.05, 0) is 51.7 Å². The Kier molecular flexibility index (Phi) is 4.81. The number of likely N-dealkylation sites (tertiary alicyclic amines) is 1. The number of ether oxygens (including phenoxy) is 1. The van der Waals surface area contributed by atoms with Gasteiger partial charge < -0.3 is 14.7 Å². The van der Waals surface area contributed by atoms with E-state index in [1.807, 2.05) is 32.9 Å². The van der Waals surface area contributed by atoms with Crippen LogP contribution < -0.4 is 0 Å². The second kappa shape index (κ2) is 6.29. The topological polar surface area (TPSA) is 49.8 Å². The predicted molar refractivity (Wildman–Crippen MR) is 86.9 cm³/mol. The summed E-state index contributed by atoms with van der Waals surface area (Å²) in [6.45, 7) is 8.74. The van der Waals surface area contributed by atoms with Gasteiger partial charge in [0.2, 0.25) is 0 Å². The Labute approximate surface area is 133 Å². The van der Waals surface area contributed by atoms with Crippen molar-refractivity contribution < 1.29 is 14.6 Å².